The van der Waals surface area contributed by atoms with Crippen molar-refractivity contribution in [2.45, 2.75) is 46.8 Å². The fraction of sp³-hybridized carbons (Fsp3) is 0.381. The Balaban J connectivity index is 1.65. The summed E-state index contributed by atoms with van der Waals surface area (Å²) in [7, 11) is 1.70. The van der Waals surface area contributed by atoms with E-state index >= 15 is 0 Å². The number of ketones is 1. The molecular formula is C21H24N4O4. The van der Waals surface area contributed by atoms with E-state index in [1.54, 1.807) is 14.0 Å². The number of ether oxygens (including phenoxy) is 1. The first-order valence-corrected chi connectivity index (χ1v) is 9.37. The highest BCUT2D eigenvalue weighted by molar-refractivity contribution is 6.01. The van der Waals surface area contributed by atoms with Crippen LogP contribution in [0.2, 0.25) is 0 Å². The molecule has 1 aromatic carbocycles. The number of aryl methyl sites for hydroxylation is 5. The van der Waals surface area contributed by atoms with E-state index in [1.165, 1.54) is 21.8 Å². The summed E-state index contributed by atoms with van der Waals surface area (Å²) < 4.78 is 8.15. The van der Waals surface area contributed by atoms with Gasteiger partial charge in [0, 0.05) is 19.2 Å². The number of fused-ring (bicyclic) bond motifs is 1. The zero-order valence-corrected chi connectivity index (χ0v) is 17.2. The molecule has 1 atom stereocenters. The van der Waals surface area contributed by atoms with Crippen LogP contribution in [0.5, 0.6) is 0 Å². The lowest BCUT2D eigenvalue weighted by Gasteiger charge is -2.15. The molecule has 0 N–H and O–H groups in total. The van der Waals surface area contributed by atoms with Gasteiger partial charge in [0.2, 0.25) is 5.78 Å². The molecule has 3 rings (SSSR count). The van der Waals surface area contributed by atoms with Gasteiger partial charge >= 0.3 is 5.97 Å². The zero-order valence-electron chi connectivity index (χ0n) is 17.2. The summed E-state index contributed by atoms with van der Waals surface area (Å²) in [4.78, 5) is 41.5. The SMILES string of the molecule is Cc1cc(C)c(C(=O)C(C)OC(=O)CCn2cnc3c(cnn3C)c2=O)cc1C. The molecule has 0 aliphatic heterocycles. The molecule has 0 aliphatic rings. The summed E-state index contributed by atoms with van der Waals surface area (Å²) in [5.41, 5.74) is 3.73. The number of nitrogens with zero attached hydrogens (tertiary/aromatic N) is 4. The van der Waals surface area contributed by atoms with Gasteiger partial charge in [-0.25, -0.2) is 4.98 Å². The van der Waals surface area contributed by atoms with Gasteiger partial charge in [0.05, 0.1) is 18.9 Å². The maximum Gasteiger partial charge on any atom is 0.308 e. The molecule has 29 heavy (non-hydrogen) atoms. The Labute approximate surface area is 168 Å². The minimum atomic E-state index is -0.904. The lowest BCUT2D eigenvalue weighted by Crippen LogP contribution is -2.27. The number of Topliss-reactive ketones (excluding diaryl/α,β-unsaturated/α-hetero) is 1. The van der Waals surface area contributed by atoms with Gasteiger partial charge in [-0.1, -0.05) is 6.07 Å². The lowest BCUT2D eigenvalue weighted by molar-refractivity contribution is -0.146. The van der Waals surface area contributed by atoms with Crippen molar-refractivity contribution >= 4 is 22.8 Å². The van der Waals surface area contributed by atoms with Gasteiger partial charge in [-0.05, 0) is 50.5 Å². The maximum atomic E-state index is 12.7. The van der Waals surface area contributed by atoms with Crippen LogP contribution in [0.1, 0.15) is 40.4 Å². The normalized spacial score (nSPS) is 12.2. The third kappa shape index (κ3) is 4.11. The van der Waals surface area contributed by atoms with Crippen LogP contribution in [0, 0.1) is 20.8 Å². The number of rotatable bonds is 6. The Morgan fingerprint density at radius 2 is 1.83 bits per heavy atom. The monoisotopic (exact) mass is 396 g/mol. The lowest BCUT2D eigenvalue weighted by atomic mass is 9.96. The summed E-state index contributed by atoms with van der Waals surface area (Å²) in [6.45, 7) is 7.46. The highest BCUT2D eigenvalue weighted by Crippen LogP contribution is 2.18. The fourth-order valence-electron chi connectivity index (χ4n) is 3.19. The van der Waals surface area contributed by atoms with Gasteiger partial charge in [0.25, 0.3) is 5.56 Å². The third-order valence-corrected chi connectivity index (χ3v) is 5.06. The van der Waals surface area contributed by atoms with Gasteiger partial charge in [-0.2, -0.15) is 5.10 Å². The molecule has 0 aliphatic carbocycles. The van der Waals surface area contributed by atoms with Crippen molar-refractivity contribution in [2.75, 3.05) is 0 Å². The first kappa shape index (κ1) is 20.4. The standard InChI is InChI=1S/C21H24N4O4/c1-12-8-14(3)16(9-13(12)2)19(27)15(4)29-18(26)6-7-25-11-22-20-17(21(25)28)10-23-24(20)5/h8-11,15H,6-7H2,1-5H3. The van der Waals surface area contributed by atoms with E-state index in [4.69, 9.17) is 4.74 Å². The average Bonchev–Trinajstić information content (AvgIpc) is 3.05. The van der Waals surface area contributed by atoms with Crippen LogP contribution in [0.3, 0.4) is 0 Å². The van der Waals surface area contributed by atoms with Gasteiger partial charge in [0.15, 0.2) is 11.8 Å². The topological polar surface area (TPSA) is 96.1 Å². The Bertz CT molecular complexity index is 1160. The molecule has 0 saturated heterocycles. The van der Waals surface area contributed by atoms with Crippen molar-refractivity contribution in [1.82, 2.24) is 19.3 Å². The summed E-state index contributed by atoms with van der Waals surface area (Å²) in [5, 5.41) is 4.40. The van der Waals surface area contributed by atoms with Gasteiger partial charge in [-0.3, -0.25) is 23.6 Å². The van der Waals surface area contributed by atoms with E-state index in [2.05, 4.69) is 10.1 Å². The zero-order chi connectivity index (χ0) is 21.3. The molecule has 3 aromatic rings. The first-order valence-electron chi connectivity index (χ1n) is 9.37. The third-order valence-electron chi connectivity index (χ3n) is 5.06. The van der Waals surface area contributed by atoms with Crippen molar-refractivity contribution in [3.8, 4) is 0 Å². The second kappa shape index (κ2) is 7.98. The minimum Gasteiger partial charge on any atom is -0.454 e. The van der Waals surface area contributed by atoms with Crippen LogP contribution in [0.15, 0.2) is 29.5 Å². The molecule has 152 valence electrons. The number of carbonyl (C=O) groups excluding carboxylic acids is 2. The van der Waals surface area contributed by atoms with E-state index < -0.39 is 12.1 Å². The minimum absolute atomic E-state index is 0.0448. The summed E-state index contributed by atoms with van der Waals surface area (Å²) in [6, 6.07) is 3.77. The summed E-state index contributed by atoms with van der Waals surface area (Å²) >= 11 is 0. The van der Waals surface area contributed by atoms with E-state index in [9.17, 15) is 14.4 Å². The molecule has 1 unspecified atom stereocenters. The summed E-state index contributed by atoms with van der Waals surface area (Å²) in [5.74, 6) is -0.792. The van der Waals surface area contributed by atoms with Crippen LogP contribution >= 0.6 is 0 Å². The van der Waals surface area contributed by atoms with Crippen LogP contribution in [0.25, 0.3) is 11.0 Å². The molecule has 8 heteroatoms. The molecule has 0 fully saturated rings. The molecule has 0 amide bonds. The molecule has 0 bridgehead atoms. The van der Waals surface area contributed by atoms with Gasteiger partial charge in [-0.15, -0.1) is 0 Å². The smallest absolute Gasteiger partial charge is 0.308 e. The molecule has 8 nitrogen and oxygen atoms in total. The van der Waals surface area contributed by atoms with E-state index in [1.807, 2.05) is 32.9 Å². The Morgan fingerprint density at radius 3 is 2.55 bits per heavy atom. The second-order valence-corrected chi connectivity index (χ2v) is 7.25. The molecule has 2 aromatic heterocycles. The van der Waals surface area contributed by atoms with Crippen molar-refractivity contribution in [2.24, 2.45) is 7.05 Å². The number of benzene rings is 1. The van der Waals surface area contributed by atoms with Crippen LogP contribution in [0.4, 0.5) is 0 Å². The number of carbonyl (C=O) groups is 2. The number of aromatic nitrogens is 4. The molecule has 2 heterocycles. The number of hydrogen-bond acceptors (Lipinski definition) is 6. The van der Waals surface area contributed by atoms with Crippen molar-refractivity contribution < 1.29 is 14.3 Å². The van der Waals surface area contributed by atoms with Crippen molar-refractivity contribution in [3.63, 3.8) is 0 Å². The van der Waals surface area contributed by atoms with Crippen LogP contribution < -0.4 is 5.56 Å². The van der Waals surface area contributed by atoms with E-state index in [0.29, 0.717) is 16.6 Å². The summed E-state index contributed by atoms with van der Waals surface area (Å²) in [6.07, 6.45) is 1.88. The molecule has 0 radical (unpaired) electrons. The van der Waals surface area contributed by atoms with Crippen LogP contribution in [-0.4, -0.2) is 37.2 Å². The maximum absolute atomic E-state index is 12.7. The van der Waals surface area contributed by atoms with E-state index in [-0.39, 0.29) is 24.3 Å². The predicted octanol–water partition coefficient (Wildman–Crippen LogP) is 2.26. The van der Waals surface area contributed by atoms with Crippen molar-refractivity contribution in [1.29, 1.82) is 0 Å². The average molecular weight is 396 g/mol. The predicted molar refractivity (Wildman–Crippen MR) is 108 cm³/mol. The Kier molecular flexibility index (Phi) is 5.63. The highest BCUT2D eigenvalue weighted by Gasteiger charge is 2.21. The second-order valence-electron chi connectivity index (χ2n) is 7.25. The first-order chi connectivity index (χ1) is 13.7. The Hall–Kier alpha value is -3.29. The number of esters is 1. The highest BCUT2D eigenvalue weighted by atomic mass is 16.5. The van der Waals surface area contributed by atoms with Crippen molar-refractivity contribution in [3.05, 3.63) is 57.3 Å². The fourth-order valence-corrected chi connectivity index (χ4v) is 3.19. The molecule has 0 spiro atoms. The van der Waals surface area contributed by atoms with Gasteiger partial charge < -0.3 is 4.74 Å². The molecular weight excluding hydrogens is 372 g/mol. The Morgan fingerprint density at radius 1 is 1.14 bits per heavy atom. The quantitative estimate of drug-likeness (QED) is 0.468. The van der Waals surface area contributed by atoms with Gasteiger partial charge in [0.1, 0.15) is 5.39 Å². The largest absolute Gasteiger partial charge is 0.454 e. The number of hydrogen-bond donors (Lipinski definition) is 0. The molecule has 0 saturated carbocycles. The van der Waals surface area contributed by atoms with Crippen LogP contribution in [-0.2, 0) is 23.1 Å². The van der Waals surface area contributed by atoms with E-state index in [0.717, 1.165) is 16.7 Å².